The van der Waals surface area contributed by atoms with Crippen LogP contribution in [-0.2, 0) is 14.3 Å². The molecule has 0 rings (SSSR count). The van der Waals surface area contributed by atoms with Crippen LogP contribution >= 0.6 is 0 Å². The first-order valence-electron chi connectivity index (χ1n) is 3.65. The van der Waals surface area contributed by atoms with E-state index in [0.29, 0.717) is 0 Å². The first-order chi connectivity index (χ1) is 5.13. The van der Waals surface area contributed by atoms with Gasteiger partial charge in [-0.15, -0.1) is 0 Å². The van der Waals surface area contributed by atoms with Gasteiger partial charge in [-0.1, -0.05) is 13.8 Å². The highest BCUT2D eigenvalue weighted by atomic mass is 16.5. The zero-order chi connectivity index (χ0) is 8.85. The Hall–Kier alpha value is -0.860. The van der Waals surface area contributed by atoms with Gasteiger partial charge in [0.25, 0.3) is 0 Å². The number of esters is 1. The van der Waals surface area contributed by atoms with Crippen molar-refractivity contribution in [2.45, 2.75) is 20.3 Å². The monoisotopic (exact) mass is 158 g/mol. The smallest absolute Gasteiger partial charge is 0.309 e. The molecule has 64 valence electrons. The van der Waals surface area contributed by atoms with E-state index >= 15 is 0 Å². The number of carbonyl (C=O) groups is 2. The molecule has 0 aromatic rings. The first-order valence-corrected chi connectivity index (χ1v) is 3.65. The lowest BCUT2D eigenvalue weighted by atomic mass is 9.93. The Morgan fingerprint density at radius 1 is 1.55 bits per heavy atom. The van der Waals surface area contributed by atoms with Crippen molar-refractivity contribution in [1.82, 2.24) is 0 Å². The molecule has 0 heterocycles. The van der Waals surface area contributed by atoms with Crippen molar-refractivity contribution < 1.29 is 14.3 Å². The third-order valence-corrected chi connectivity index (χ3v) is 1.66. The normalized spacial score (nSPS) is 12.7. The highest BCUT2D eigenvalue weighted by molar-refractivity contribution is 5.75. The van der Waals surface area contributed by atoms with Gasteiger partial charge in [-0.3, -0.25) is 4.79 Å². The average Bonchev–Trinajstić information content (AvgIpc) is 1.98. The Balaban J connectivity index is 4.08. The maximum Gasteiger partial charge on any atom is 0.309 e. The van der Waals surface area contributed by atoms with Crippen LogP contribution in [0.2, 0.25) is 0 Å². The number of ether oxygens (including phenoxy) is 1. The molecule has 0 bridgehead atoms. The van der Waals surface area contributed by atoms with E-state index in [1.165, 1.54) is 7.11 Å². The topological polar surface area (TPSA) is 43.4 Å². The molecule has 0 fully saturated rings. The molecule has 1 atom stereocenters. The molecule has 0 aliphatic rings. The molecule has 11 heavy (non-hydrogen) atoms. The van der Waals surface area contributed by atoms with E-state index in [1.807, 2.05) is 13.8 Å². The molecule has 0 spiro atoms. The second kappa shape index (κ2) is 4.88. The largest absolute Gasteiger partial charge is 0.469 e. The Morgan fingerprint density at radius 3 is 2.36 bits per heavy atom. The van der Waals surface area contributed by atoms with Gasteiger partial charge in [0.1, 0.15) is 6.29 Å². The van der Waals surface area contributed by atoms with Gasteiger partial charge in [0.15, 0.2) is 0 Å². The van der Waals surface area contributed by atoms with Crippen LogP contribution in [0.3, 0.4) is 0 Å². The lowest BCUT2D eigenvalue weighted by molar-refractivity contribution is -0.148. The third-order valence-electron chi connectivity index (χ3n) is 1.66. The van der Waals surface area contributed by atoms with Crippen LogP contribution in [0.15, 0.2) is 0 Å². The predicted molar refractivity (Wildman–Crippen MR) is 41.0 cm³/mol. The lowest BCUT2D eigenvalue weighted by Crippen LogP contribution is -2.21. The summed E-state index contributed by atoms with van der Waals surface area (Å²) < 4.78 is 4.53. The molecule has 0 saturated carbocycles. The SMILES string of the molecule is COC(=O)[C@@H](CC=O)C(C)C. The number of aldehydes is 1. The third kappa shape index (κ3) is 3.16. The predicted octanol–water partition coefficient (Wildman–Crippen LogP) is 1.02. The summed E-state index contributed by atoms with van der Waals surface area (Å²) in [6, 6.07) is 0. The van der Waals surface area contributed by atoms with Gasteiger partial charge in [0.2, 0.25) is 0 Å². The molecule has 0 saturated heterocycles. The van der Waals surface area contributed by atoms with Gasteiger partial charge >= 0.3 is 5.97 Å². The molecule has 0 aromatic heterocycles. The average molecular weight is 158 g/mol. The molecule has 0 aliphatic heterocycles. The van der Waals surface area contributed by atoms with Crippen LogP contribution in [0.4, 0.5) is 0 Å². The number of carbonyl (C=O) groups excluding carboxylic acids is 2. The lowest BCUT2D eigenvalue weighted by Gasteiger charge is -2.14. The van der Waals surface area contributed by atoms with Gasteiger partial charge in [-0.2, -0.15) is 0 Å². The zero-order valence-corrected chi connectivity index (χ0v) is 7.16. The van der Waals surface area contributed by atoms with Crippen LogP contribution in [0.5, 0.6) is 0 Å². The second-order valence-corrected chi connectivity index (χ2v) is 2.78. The Kier molecular flexibility index (Phi) is 4.50. The van der Waals surface area contributed by atoms with Gasteiger partial charge in [0.05, 0.1) is 13.0 Å². The van der Waals surface area contributed by atoms with E-state index in [4.69, 9.17) is 0 Å². The van der Waals surface area contributed by atoms with Gasteiger partial charge in [-0.05, 0) is 5.92 Å². The quantitative estimate of drug-likeness (QED) is 0.453. The maximum atomic E-state index is 11.0. The van der Waals surface area contributed by atoms with Crippen molar-refractivity contribution >= 4 is 12.3 Å². The van der Waals surface area contributed by atoms with Crippen LogP contribution in [-0.4, -0.2) is 19.4 Å². The Labute approximate surface area is 66.7 Å². The molecular formula is C8H14O3. The molecular weight excluding hydrogens is 144 g/mol. The van der Waals surface area contributed by atoms with Gasteiger partial charge in [-0.25, -0.2) is 0 Å². The molecule has 0 N–H and O–H groups in total. The summed E-state index contributed by atoms with van der Waals surface area (Å²) in [6.45, 7) is 3.79. The molecule has 3 nitrogen and oxygen atoms in total. The van der Waals surface area contributed by atoms with Crippen molar-refractivity contribution in [3.8, 4) is 0 Å². The number of methoxy groups -OCH3 is 1. The maximum absolute atomic E-state index is 11.0. The van der Waals surface area contributed by atoms with Crippen molar-refractivity contribution in [2.24, 2.45) is 11.8 Å². The van der Waals surface area contributed by atoms with E-state index in [1.54, 1.807) is 0 Å². The number of hydrogen-bond donors (Lipinski definition) is 0. The van der Waals surface area contributed by atoms with Crippen LogP contribution in [0, 0.1) is 11.8 Å². The summed E-state index contributed by atoms with van der Waals surface area (Å²) in [5.74, 6) is -0.419. The molecule has 0 amide bonds. The number of hydrogen-bond acceptors (Lipinski definition) is 3. The van der Waals surface area contributed by atoms with Gasteiger partial charge in [0, 0.05) is 6.42 Å². The first kappa shape index (κ1) is 10.1. The molecule has 0 aliphatic carbocycles. The Bertz CT molecular complexity index is 140. The van der Waals surface area contributed by atoms with E-state index in [-0.39, 0.29) is 24.2 Å². The van der Waals surface area contributed by atoms with E-state index in [2.05, 4.69) is 4.74 Å². The Morgan fingerprint density at radius 2 is 2.09 bits per heavy atom. The minimum Gasteiger partial charge on any atom is -0.469 e. The summed E-state index contributed by atoms with van der Waals surface area (Å²) in [5, 5.41) is 0. The van der Waals surface area contributed by atoms with E-state index in [9.17, 15) is 9.59 Å². The standard InChI is InChI=1S/C8H14O3/c1-6(2)7(4-5-9)8(10)11-3/h5-7H,4H2,1-3H3/t7-/m0/s1. The minimum atomic E-state index is -0.299. The molecule has 0 radical (unpaired) electrons. The summed E-state index contributed by atoms with van der Waals surface area (Å²) >= 11 is 0. The van der Waals surface area contributed by atoms with Crippen molar-refractivity contribution in [1.29, 1.82) is 0 Å². The van der Waals surface area contributed by atoms with Crippen LogP contribution in [0.1, 0.15) is 20.3 Å². The fourth-order valence-corrected chi connectivity index (χ4v) is 0.896. The van der Waals surface area contributed by atoms with E-state index < -0.39 is 0 Å². The van der Waals surface area contributed by atoms with E-state index in [0.717, 1.165) is 6.29 Å². The minimum absolute atomic E-state index is 0.160. The summed E-state index contributed by atoms with van der Waals surface area (Å²) in [7, 11) is 1.34. The second-order valence-electron chi connectivity index (χ2n) is 2.78. The summed E-state index contributed by atoms with van der Waals surface area (Å²) in [5.41, 5.74) is 0. The van der Waals surface area contributed by atoms with Gasteiger partial charge < -0.3 is 9.53 Å². The summed E-state index contributed by atoms with van der Waals surface area (Å²) in [6.07, 6.45) is 1.01. The number of rotatable bonds is 4. The van der Waals surface area contributed by atoms with Crippen LogP contribution < -0.4 is 0 Å². The highest BCUT2D eigenvalue weighted by Gasteiger charge is 2.21. The highest BCUT2D eigenvalue weighted by Crippen LogP contribution is 2.14. The molecule has 0 unspecified atom stereocenters. The fourth-order valence-electron chi connectivity index (χ4n) is 0.896. The molecule has 0 aromatic carbocycles. The van der Waals surface area contributed by atoms with Crippen molar-refractivity contribution in [3.63, 3.8) is 0 Å². The van der Waals surface area contributed by atoms with Crippen LogP contribution in [0.25, 0.3) is 0 Å². The molecule has 3 heteroatoms. The summed E-state index contributed by atoms with van der Waals surface area (Å²) in [4.78, 5) is 21.1. The van der Waals surface area contributed by atoms with Crippen molar-refractivity contribution in [2.75, 3.05) is 7.11 Å². The van der Waals surface area contributed by atoms with Crippen molar-refractivity contribution in [3.05, 3.63) is 0 Å². The fraction of sp³-hybridized carbons (Fsp3) is 0.750. The zero-order valence-electron chi connectivity index (χ0n) is 7.16.